The predicted octanol–water partition coefficient (Wildman–Crippen LogP) is 1.92. The molecule has 15 heavy (non-hydrogen) atoms. The van der Waals surface area contributed by atoms with Gasteiger partial charge in [-0.25, -0.2) is 0 Å². The van der Waals surface area contributed by atoms with Crippen LogP contribution < -0.4 is 4.74 Å². The van der Waals surface area contributed by atoms with Gasteiger partial charge in [-0.1, -0.05) is 30.3 Å². The van der Waals surface area contributed by atoms with Crippen LogP contribution in [0, 0.1) is 0 Å². The Kier molecular flexibility index (Phi) is 2.74. The molecular weight excluding hydrogens is 192 g/mol. The Morgan fingerprint density at radius 3 is 2.67 bits per heavy atom. The van der Waals surface area contributed by atoms with Crippen molar-refractivity contribution in [1.29, 1.82) is 0 Å². The summed E-state index contributed by atoms with van der Waals surface area (Å²) in [6.45, 7) is 0.123. The van der Waals surface area contributed by atoms with Crippen LogP contribution in [0.3, 0.4) is 0 Å². The lowest BCUT2D eigenvalue weighted by Gasteiger charge is -2.08. The van der Waals surface area contributed by atoms with E-state index in [1.165, 1.54) is 0 Å². The van der Waals surface area contributed by atoms with E-state index in [4.69, 9.17) is 9.84 Å². The van der Waals surface area contributed by atoms with Gasteiger partial charge in [0.2, 0.25) is 0 Å². The van der Waals surface area contributed by atoms with Gasteiger partial charge < -0.3 is 14.9 Å². The van der Waals surface area contributed by atoms with E-state index in [1.807, 2.05) is 30.3 Å². The number of hydrogen-bond donors (Lipinski definition) is 2. The van der Waals surface area contributed by atoms with Crippen LogP contribution in [0.25, 0.3) is 10.8 Å². The summed E-state index contributed by atoms with van der Waals surface area (Å²) in [6, 6.07) is 11.1. The molecule has 0 unspecified atom stereocenters. The molecule has 0 heterocycles. The van der Waals surface area contributed by atoms with Crippen molar-refractivity contribution >= 4 is 10.8 Å². The van der Waals surface area contributed by atoms with Crippen molar-refractivity contribution in [1.82, 2.24) is 0 Å². The van der Waals surface area contributed by atoms with Gasteiger partial charge in [0.1, 0.15) is 6.61 Å². The number of fused-ring (bicyclic) bond motifs is 1. The predicted molar refractivity (Wildman–Crippen MR) is 58.2 cm³/mol. The minimum absolute atomic E-state index is 0.0632. The molecule has 0 saturated carbocycles. The molecule has 2 aromatic rings. The first-order valence-electron chi connectivity index (χ1n) is 4.77. The average molecular weight is 204 g/mol. The fraction of sp³-hybridized carbons (Fsp3) is 0.167. The fourth-order valence-electron chi connectivity index (χ4n) is 1.51. The molecule has 2 rings (SSSR count). The highest BCUT2D eigenvalue weighted by atomic mass is 16.5. The van der Waals surface area contributed by atoms with Crippen LogP contribution in [0.4, 0.5) is 0 Å². The molecule has 2 aromatic carbocycles. The first-order chi connectivity index (χ1) is 7.33. The monoisotopic (exact) mass is 204 g/mol. The van der Waals surface area contributed by atoms with Crippen LogP contribution in [0.2, 0.25) is 0 Å². The van der Waals surface area contributed by atoms with Crippen molar-refractivity contribution < 1.29 is 14.9 Å². The van der Waals surface area contributed by atoms with Gasteiger partial charge in [-0.2, -0.15) is 0 Å². The Bertz CT molecular complexity index is 465. The van der Waals surface area contributed by atoms with Crippen LogP contribution in [-0.4, -0.2) is 23.4 Å². The van der Waals surface area contributed by atoms with E-state index < -0.39 is 0 Å². The number of phenolic OH excluding ortho intramolecular Hbond substituents is 1. The summed E-state index contributed by atoms with van der Waals surface area (Å²) in [5.41, 5.74) is 0. The molecule has 0 radical (unpaired) electrons. The minimum atomic E-state index is -0.0632. The maximum Gasteiger partial charge on any atom is 0.165 e. The lowest BCUT2D eigenvalue weighted by molar-refractivity contribution is 0.197. The number of phenols is 1. The van der Waals surface area contributed by atoms with Crippen molar-refractivity contribution in [3.05, 3.63) is 36.4 Å². The second kappa shape index (κ2) is 4.19. The Morgan fingerprint density at radius 2 is 1.87 bits per heavy atom. The van der Waals surface area contributed by atoms with E-state index in [-0.39, 0.29) is 19.0 Å². The molecule has 3 heteroatoms. The Morgan fingerprint density at radius 1 is 1.07 bits per heavy atom. The lowest BCUT2D eigenvalue weighted by atomic mass is 10.1. The van der Waals surface area contributed by atoms with Crippen LogP contribution in [0.15, 0.2) is 36.4 Å². The van der Waals surface area contributed by atoms with Crippen molar-refractivity contribution in [2.45, 2.75) is 0 Å². The van der Waals surface area contributed by atoms with Crippen LogP contribution >= 0.6 is 0 Å². The zero-order chi connectivity index (χ0) is 10.7. The van der Waals surface area contributed by atoms with Crippen molar-refractivity contribution in [2.75, 3.05) is 13.2 Å². The number of rotatable bonds is 3. The Balaban J connectivity index is 2.45. The van der Waals surface area contributed by atoms with E-state index in [9.17, 15) is 5.11 Å². The maximum absolute atomic E-state index is 9.87. The van der Waals surface area contributed by atoms with Crippen molar-refractivity contribution in [3.63, 3.8) is 0 Å². The molecular formula is C12H12O3. The third-order valence-corrected chi connectivity index (χ3v) is 2.21. The third kappa shape index (κ3) is 1.87. The first kappa shape index (κ1) is 9.80. The molecule has 0 aliphatic carbocycles. The van der Waals surface area contributed by atoms with Crippen molar-refractivity contribution in [3.8, 4) is 11.5 Å². The lowest BCUT2D eigenvalue weighted by Crippen LogP contribution is -2.01. The molecule has 0 aliphatic rings. The molecule has 0 aliphatic heterocycles. The summed E-state index contributed by atoms with van der Waals surface area (Å²) in [5.74, 6) is 0.532. The summed E-state index contributed by atoms with van der Waals surface area (Å²) in [7, 11) is 0. The molecule has 0 aromatic heterocycles. The van der Waals surface area contributed by atoms with E-state index in [2.05, 4.69) is 0 Å². The van der Waals surface area contributed by atoms with Crippen molar-refractivity contribution in [2.24, 2.45) is 0 Å². The van der Waals surface area contributed by atoms with Crippen LogP contribution in [-0.2, 0) is 0 Å². The Hall–Kier alpha value is -1.74. The first-order valence-corrected chi connectivity index (χ1v) is 4.77. The summed E-state index contributed by atoms with van der Waals surface area (Å²) >= 11 is 0. The van der Waals surface area contributed by atoms with Gasteiger partial charge >= 0.3 is 0 Å². The van der Waals surface area contributed by atoms with E-state index in [0.29, 0.717) is 5.75 Å². The summed E-state index contributed by atoms with van der Waals surface area (Å²) in [5, 5.41) is 20.2. The zero-order valence-corrected chi connectivity index (χ0v) is 8.18. The van der Waals surface area contributed by atoms with Crippen LogP contribution in [0.1, 0.15) is 0 Å². The molecule has 78 valence electrons. The van der Waals surface area contributed by atoms with E-state index in [0.717, 1.165) is 10.8 Å². The second-order valence-corrected chi connectivity index (χ2v) is 3.21. The largest absolute Gasteiger partial charge is 0.504 e. The SMILES string of the molecule is OCCOc1ccc2ccccc2c1O. The number of aliphatic hydroxyl groups excluding tert-OH is 1. The van der Waals surface area contributed by atoms with Gasteiger partial charge in [-0.05, 0) is 11.5 Å². The fourth-order valence-corrected chi connectivity index (χ4v) is 1.51. The highest BCUT2D eigenvalue weighted by Gasteiger charge is 2.06. The summed E-state index contributed by atoms with van der Waals surface area (Å²) in [6.07, 6.45) is 0. The molecule has 2 N–H and O–H groups in total. The van der Waals surface area contributed by atoms with Gasteiger partial charge in [0, 0.05) is 5.39 Å². The molecule has 0 fully saturated rings. The highest BCUT2D eigenvalue weighted by Crippen LogP contribution is 2.33. The Labute approximate surface area is 87.5 Å². The van der Waals surface area contributed by atoms with Gasteiger partial charge in [0.05, 0.1) is 6.61 Å². The van der Waals surface area contributed by atoms with Gasteiger partial charge in [-0.3, -0.25) is 0 Å². The van der Waals surface area contributed by atoms with Gasteiger partial charge in [-0.15, -0.1) is 0 Å². The molecule has 0 bridgehead atoms. The molecule has 0 saturated heterocycles. The average Bonchev–Trinajstić information content (AvgIpc) is 2.29. The number of ether oxygens (including phenoxy) is 1. The van der Waals surface area contributed by atoms with Gasteiger partial charge in [0.25, 0.3) is 0 Å². The smallest absolute Gasteiger partial charge is 0.165 e. The highest BCUT2D eigenvalue weighted by molar-refractivity contribution is 5.90. The topological polar surface area (TPSA) is 49.7 Å². The minimum Gasteiger partial charge on any atom is -0.504 e. The summed E-state index contributed by atoms with van der Waals surface area (Å²) in [4.78, 5) is 0. The number of aromatic hydroxyl groups is 1. The molecule has 3 nitrogen and oxygen atoms in total. The molecule has 0 atom stereocenters. The number of hydrogen-bond acceptors (Lipinski definition) is 3. The number of aliphatic hydroxyl groups is 1. The van der Waals surface area contributed by atoms with E-state index in [1.54, 1.807) is 6.07 Å². The second-order valence-electron chi connectivity index (χ2n) is 3.21. The maximum atomic E-state index is 9.87. The van der Waals surface area contributed by atoms with E-state index >= 15 is 0 Å². The quantitative estimate of drug-likeness (QED) is 0.803. The molecule has 0 amide bonds. The summed E-state index contributed by atoms with van der Waals surface area (Å²) < 4.78 is 5.19. The third-order valence-electron chi connectivity index (χ3n) is 2.21. The van der Waals surface area contributed by atoms with Gasteiger partial charge in [0.15, 0.2) is 11.5 Å². The zero-order valence-electron chi connectivity index (χ0n) is 8.18. The van der Waals surface area contributed by atoms with Crippen LogP contribution in [0.5, 0.6) is 11.5 Å². The standard InChI is InChI=1S/C12H12O3/c13-7-8-15-11-6-5-9-3-1-2-4-10(9)12(11)14/h1-6,13-14H,7-8H2. The number of benzene rings is 2. The molecule has 0 spiro atoms. The normalized spacial score (nSPS) is 10.5.